The minimum Gasteiger partial charge on any atom is -0.453 e. The van der Waals surface area contributed by atoms with E-state index in [2.05, 4.69) is 9.97 Å². The number of hydrogen-bond donors (Lipinski definition) is 0. The number of carbonyl (C=O) groups is 1. The van der Waals surface area contributed by atoms with Gasteiger partial charge in [-0.1, -0.05) is 12.1 Å². The molecule has 0 radical (unpaired) electrons. The molecule has 4 nitrogen and oxygen atoms in total. The highest BCUT2D eigenvalue weighted by Crippen LogP contribution is 2.28. The molecule has 0 unspecified atom stereocenters. The van der Waals surface area contributed by atoms with Gasteiger partial charge in [-0.15, -0.1) is 0 Å². The Morgan fingerprint density at radius 3 is 2.94 bits per heavy atom. The van der Waals surface area contributed by atoms with E-state index in [0.29, 0.717) is 17.8 Å². The van der Waals surface area contributed by atoms with Crippen molar-refractivity contribution in [2.75, 3.05) is 0 Å². The van der Waals surface area contributed by atoms with Crippen LogP contribution in [0.5, 0.6) is 0 Å². The van der Waals surface area contributed by atoms with Crippen LogP contribution in [-0.2, 0) is 0 Å². The molecule has 3 rings (SSSR count). The van der Waals surface area contributed by atoms with Gasteiger partial charge in [-0.05, 0) is 18.2 Å². The predicted molar refractivity (Wildman–Crippen MR) is 62.6 cm³/mol. The molecular formula is C13H8N2O2. The number of carbonyl (C=O) groups excluding carboxylic acids is 1. The second-order valence-electron chi connectivity index (χ2n) is 3.58. The third kappa shape index (κ3) is 1.59. The first kappa shape index (κ1) is 9.72. The van der Waals surface area contributed by atoms with Gasteiger partial charge in [0.15, 0.2) is 12.0 Å². The minimum absolute atomic E-state index is 0.314. The van der Waals surface area contributed by atoms with E-state index in [9.17, 15) is 4.79 Å². The molecule has 0 saturated carbocycles. The summed E-state index contributed by atoms with van der Waals surface area (Å²) in [4.78, 5) is 18.8. The molecule has 0 atom stereocenters. The second kappa shape index (κ2) is 3.83. The zero-order valence-corrected chi connectivity index (χ0v) is 8.83. The van der Waals surface area contributed by atoms with Crippen molar-refractivity contribution < 1.29 is 9.21 Å². The summed E-state index contributed by atoms with van der Waals surface area (Å²) in [5, 5.41) is 0.904. The van der Waals surface area contributed by atoms with Crippen LogP contribution in [0.1, 0.15) is 10.6 Å². The highest BCUT2D eigenvalue weighted by Gasteiger charge is 2.08. The average molecular weight is 224 g/mol. The average Bonchev–Trinajstić information content (AvgIpc) is 2.87. The molecule has 0 N–H and O–H groups in total. The van der Waals surface area contributed by atoms with E-state index in [-0.39, 0.29) is 0 Å². The molecule has 3 aromatic rings. The van der Waals surface area contributed by atoms with E-state index in [1.54, 1.807) is 18.3 Å². The summed E-state index contributed by atoms with van der Waals surface area (Å²) in [6, 6.07) is 9.13. The Hall–Kier alpha value is -2.49. The number of nitrogens with zero attached hydrogens (tertiary/aromatic N) is 2. The highest BCUT2D eigenvalue weighted by molar-refractivity contribution is 5.92. The van der Waals surface area contributed by atoms with Gasteiger partial charge in [-0.2, -0.15) is 0 Å². The number of aldehydes is 1. The van der Waals surface area contributed by atoms with Gasteiger partial charge in [-0.25, -0.2) is 9.97 Å². The second-order valence-corrected chi connectivity index (χ2v) is 3.58. The molecular weight excluding hydrogens is 216 g/mol. The van der Waals surface area contributed by atoms with Crippen LogP contribution in [0.3, 0.4) is 0 Å². The van der Waals surface area contributed by atoms with Gasteiger partial charge >= 0.3 is 0 Å². The Balaban J connectivity index is 2.26. The van der Waals surface area contributed by atoms with Gasteiger partial charge in [0.25, 0.3) is 0 Å². The Morgan fingerprint density at radius 2 is 2.12 bits per heavy atom. The van der Waals surface area contributed by atoms with Crippen LogP contribution < -0.4 is 0 Å². The van der Waals surface area contributed by atoms with Gasteiger partial charge in [0.1, 0.15) is 12.1 Å². The minimum atomic E-state index is 0.314. The summed E-state index contributed by atoms with van der Waals surface area (Å²) in [5.41, 5.74) is 1.73. The lowest BCUT2D eigenvalue weighted by Crippen LogP contribution is -1.83. The van der Waals surface area contributed by atoms with Crippen LogP contribution in [0.4, 0.5) is 0 Å². The van der Waals surface area contributed by atoms with Crippen LogP contribution in [0.15, 0.2) is 47.3 Å². The van der Waals surface area contributed by atoms with E-state index < -0.39 is 0 Å². The van der Waals surface area contributed by atoms with Crippen molar-refractivity contribution in [2.45, 2.75) is 0 Å². The lowest BCUT2D eigenvalue weighted by atomic mass is 10.1. The standard InChI is InChI=1S/C13H8N2O2/c16-7-9-4-5-13(17-9)10-2-1-3-12-11(10)6-14-8-15-12/h1-8H. The summed E-state index contributed by atoms with van der Waals surface area (Å²) >= 11 is 0. The molecule has 0 aliphatic rings. The van der Waals surface area contributed by atoms with Crippen molar-refractivity contribution in [1.82, 2.24) is 9.97 Å². The van der Waals surface area contributed by atoms with Crippen LogP contribution in [0.25, 0.3) is 22.2 Å². The fraction of sp³-hybridized carbons (Fsp3) is 0. The van der Waals surface area contributed by atoms with Gasteiger partial charge < -0.3 is 4.42 Å². The first-order valence-corrected chi connectivity index (χ1v) is 5.12. The first-order chi connectivity index (χ1) is 8.38. The molecule has 0 aliphatic heterocycles. The maximum Gasteiger partial charge on any atom is 0.185 e. The summed E-state index contributed by atoms with van der Waals surface area (Å²) < 4.78 is 5.40. The van der Waals surface area contributed by atoms with E-state index in [0.717, 1.165) is 16.5 Å². The monoisotopic (exact) mass is 224 g/mol. The summed E-state index contributed by atoms with van der Waals surface area (Å²) in [7, 11) is 0. The number of hydrogen-bond acceptors (Lipinski definition) is 4. The predicted octanol–water partition coefficient (Wildman–Crippen LogP) is 2.70. The van der Waals surface area contributed by atoms with Crippen LogP contribution in [0, 0.1) is 0 Å². The van der Waals surface area contributed by atoms with Crippen LogP contribution in [-0.4, -0.2) is 16.3 Å². The molecule has 0 bridgehead atoms. The van der Waals surface area contributed by atoms with E-state index in [4.69, 9.17) is 4.42 Å². The van der Waals surface area contributed by atoms with Gasteiger partial charge in [-0.3, -0.25) is 4.79 Å². The summed E-state index contributed by atoms with van der Waals surface area (Å²) in [6.45, 7) is 0. The van der Waals surface area contributed by atoms with Crippen molar-refractivity contribution in [1.29, 1.82) is 0 Å². The number of rotatable bonds is 2. The molecule has 0 saturated heterocycles. The molecule has 0 aliphatic carbocycles. The van der Waals surface area contributed by atoms with Gasteiger partial charge in [0.05, 0.1) is 5.52 Å². The topological polar surface area (TPSA) is 56.0 Å². The van der Waals surface area contributed by atoms with Crippen molar-refractivity contribution in [2.24, 2.45) is 0 Å². The van der Waals surface area contributed by atoms with Crippen molar-refractivity contribution >= 4 is 17.2 Å². The van der Waals surface area contributed by atoms with E-state index >= 15 is 0 Å². The van der Waals surface area contributed by atoms with Crippen molar-refractivity contribution in [3.8, 4) is 11.3 Å². The summed E-state index contributed by atoms with van der Waals surface area (Å²) in [5.74, 6) is 0.960. The van der Waals surface area contributed by atoms with Crippen molar-refractivity contribution in [3.05, 3.63) is 48.6 Å². The Kier molecular flexibility index (Phi) is 2.19. The Morgan fingerprint density at radius 1 is 1.18 bits per heavy atom. The molecule has 0 spiro atoms. The zero-order chi connectivity index (χ0) is 11.7. The number of aromatic nitrogens is 2. The fourth-order valence-corrected chi connectivity index (χ4v) is 1.78. The van der Waals surface area contributed by atoms with Crippen molar-refractivity contribution in [3.63, 3.8) is 0 Å². The molecule has 0 amide bonds. The Bertz CT molecular complexity index is 683. The van der Waals surface area contributed by atoms with Gasteiger partial charge in [0.2, 0.25) is 0 Å². The number of benzene rings is 1. The molecule has 1 aromatic carbocycles. The lowest BCUT2D eigenvalue weighted by molar-refractivity contribution is 0.110. The van der Waals surface area contributed by atoms with Gasteiger partial charge in [0, 0.05) is 17.1 Å². The number of furan rings is 1. The molecule has 82 valence electrons. The largest absolute Gasteiger partial charge is 0.453 e. The third-order valence-corrected chi connectivity index (χ3v) is 2.56. The zero-order valence-electron chi connectivity index (χ0n) is 8.83. The molecule has 2 heterocycles. The fourth-order valence-electron chi connectivity index (χ4n) is 1.78. The van der Waals surface area contributed by atoms with E-state index in [1.165, 1.54) is 6.33 Å². The van der Waals surface area contributed by atoms with Crippen LogP contribution in [0.2, 0.25) is 0 Å². The normalized spacial score (nSPS) is 10.6. The highest BCUT2D eigenvalue weighted by atomic mass is 16.3. The lowest BCUT2D eigenvalue weighted by Gasteiger charge is -2.01. The maximum absolute atomic E-state index is 10.6. The first-order valence-electron chi connectivity index (χ1n) is 5.12. The maximum atomic E-state index is 10.6. The SMILES string of the molecule is O=Cc1ccc(-c2cccc3ncncc23)o1. The molecule has 17 heavy (non-hydrogen) atoms. The number of fused-ring (bicyclic) bond motifs is 1. The third-order valence-electron chi connectivity index (χ3n) is 2.56. The molecule has 2 aromatic heterocycles. The quantitative estimate of drug-likeness (QED) is 0.628. The smallest absolute Gasteiger partial charge is 0.185 e. The molecule has 0 fully saturated rings. The summed E-state index contributed by atoms with van der Waals surface area (Å²) in [6.07, 6.45) is 3.93. The Labute approximate surface area is 96.9 Å². The van der Waals surface area contributed by atoms with E-state index in [1.807, 2.05) is 18.2 Å². The molecule has 4 heteroatoms. The van der Waals surface area contributed by atoms with Crippen LogP contribution >= 0.6 is 0 Å².